The van der Waals surface area contributed by atoms with Gasteiger partial charge in [-0.2, -0.15) is 0 Å². The van der Waals surface area contributed by atoms with Crippen molar-refractivity contribution in [1.29, 1.82) is 0 Å². The molecule has 0 radical (unpaired) electrons. The van der Waals surface area contributed by atoms with Gasteiger partial charge in [-0.3, -0.25) is 4.79 Å². The molecule has 0 spiro atoms. The number of aryl methyl sites for hydroxylation is 1. The summed E-state index contributed by atoms with van der Waals surface area (Å²) in [4.78, 5) is 20.2. The van der Waals surface area contributed by atoms with Crippen molar-refractivity contribution in [2.45, 2.75) is 13.3 Å². The van der Waals surface area contributed by atoms with Crippen molar-refractivity contribution in [3.8, 4) is 0 Å². The molecule has 2 N–H and O–H groups in total. The molecule has 2 aromatic heterocycles. The zero-order chi connectivity index (χ0) is 17.6. The normalized spacial score (nSPS) is 10.5. The summed E-state index contributed by atoms with van der Waals surface area (Å²) in [7, 11) is 0. The van der Waals surface area contributed by atoms with Gasteiger partial charge in [-0.25, -0.2) is 14.4 Å². The molecular weight excluding hydrogens is 325 g/mol. The summed E-state index contributed by atoms with van der Waals surface area (Å²) in [5.41, 5.74) is 0.872. The topological polar surface area (TPSA) is 92.9 Å². The Kier molecular flexibility index (Phi) is 4.98. The quantitative estimate of drug-likeness (QED) is 0.716. The van der Waals surface area contributed by atoms with Crippen LogP contribution in [0.4, 0.5) is 16.2 Å². The molecule has 0 aliphatic carbocycles. The standard InChI is InChI=1S/C17H16FN5O2/c1-11-8-15(23-25-11)22-17-20-9-13(10-21-17)16(24)19-7-6-12-4-2-3-5-14(12)18/h2-5,8-10H,6-7H2,1H3,(H,19,24)(H,20,21,22,23). The summed E-state index contributed by atoms with van der Waals surface area (Å²) in [5, 5.41) is 9.34. The highest BCUT2D eigenvalue weighted by atomic mass is 19.1. The lowest BCUT2D eigenvalue weighted by atomic mass is 10.1. The van der Waals surface area contributed by atoms with Gasteiger partial charge in [0, 0.05) is 25.0 Å². The van der Waals surface area contributed by atoms with Crippen LogP contribution in [-0.4, -0.2) is 27.6 Å². The van der Waals surface area contributed by atoms with Gasteiger partial charge in [0.25, 0.3) is 5.91 Å². The van der Waals surface area contributed by atoms with Gasteiger partial charge in [-0.05, 0) is 25.0 Å². The van der Waals surface area contributed by atoms with Crippen LogP contribution in [-0.2, 0) is 6.42 Å². The Bertz CT molecular complexity index is 863. The monoisotopic (exact) mass is 341 g/mol. The molecule has 8 heteroatoms. The largest absolute Gasteiger partial charge is 0.360 e. The van der Waals surface area contributed by atoms with Gasteiger partial charge in [-0.15, -0.1) is 0 Å². The highest BCUT2D eigenvalue weighted by Crippen LogP contribution is 2.12. The lowest BCUT2D eigenvalue weighted by molar-refractivity contribution is 0.0953. The SMILES string of the molecule is Cc1cc(Nc2ncc(C(=O)NCCc3ccccc3F)cn2)no1. The van der Waals surface area contributed by atoms with E-state index in [0.717, 1.165) is 0 Å². The van der Waals surface area contributed by atoms with Crippen LogP contribution in [0.1, 0.15) is 21.7 Å². The van der Waals surface area contributed by atoms with E-state index >= 15 is 0 Å². The second kappa shape index (κ2) is 7.52. The van der Waals surface area contributed by atoms with Crippen molar-refractivity contribution in [2.75, 3.05) is 11.9 Å². The number of anilines is 2. The predicted molar refractivity (Wildman–Crippen MR) is 89.0 cm³/mol. The van der Waals surface area contributed by atoms with Gasteiger partial charge in [0.1, 0.15) is 11.6 Å². The molecule has 0 saturated heterocycles. The van der Waals surface area contributed by atoms with E-state index < -0.39 is 0 Å². The fourth-order valence-electron chi connectivity index (χ4n) is 2.16. The van der Waals surface area contributed by atoms with Crippen LogP contribution < -0.4 is 10.6 Å². The molecule has 3 rings (SSSR count). The number of hydrogen-bond acceptors (Lipinski definition) is 6. The third-order valence-corrected chi connectivity index (χ3v) is 3.42. The first-order chi connectivity index (χ1) is 12.1. The Balaban J connectivity index is 1.53. The molecule has 3 aromatic rings. The number of amides is 1. The number of carbonyl (C=O) groups excluding carboxylic acids is 1. The van der Waals surface area contributed by atoms with Crippen LogP contribution in [0.2, 0.25) is 0 Å². The Morgan fingerprint density at radius 1 is 1.24 bits per heavy atom. The van der Waals surface area contributed by atoms with Crippen molar-refractivity contribution in [3.63, 3.8) is 0 Å². The molecule has 0 unspecified atom stereocenters. The van der Waals surface area contributed by atoms with Crippen molar-refractivity contribution in [2.24, 2.45) is 0 Å². The lowest BCUT2D eigenvalue weighted by Gasteiger charge is -2.06. The Morgan fingerprint density at radius 2 is 2.00 bits per heavy atom. The van der Waals surface area contributed by atoms with Gasteiger partial charge in [0.2, 0.25) is 5.95 Å². The van der Waals surface area contributed by atoms with Crippen LogP contribution >= 0.6 is 0 Å². The molecule has 128 valence electrons. The van der Waals surface area contributed by atoms with Crippen LogP contribution in [0.3, 0.4) is 0 Å². The zero-order valence-electron chi connectivity index (χ0n) is 13.5. The molecule has 0 aliphatic rings. The van der Waals surface area contributed by atoms with Crippen molar-refractivity contribution in [1.82, 2.24) is 20.4 Å². The molecule has 0 fully saturated rings. The fourth-order valence-corrected chi connectivity index (χ4v) is 2.16. The number of aromatic nitrogens is 3. The average molecular weight is 341 g/mol. The van der Waals surface area contributed by atoms with E-state index in [1.807, 2.05) is 0 Å². The second-order valence-corrected chi connectivity index (χ2v) is 5.34. The molecule has 0 atom stereocenters. The molecule has 1 amide bonds. The molecule has 0 bridgehead atoms. The first kappa shape index (κ1) is 16.6. The van der Waals surface area contributed by atoms with Crippen LogP contribution in [0.25, 0.3) is 0 Å². The van der Waals surface area contributed by atoms with Crippen LogP contribution in [0.15, 0.2) is 47.2 Å². The van der Waals surface area contributed by atoms with Crippen molar-refractivity contribution < 1.29 is 13.7 Å². The average Bonchev–Trinajstić information content (AvgIpc) is 3.02. The third-order valence-electron chi connectivity index (χ3n) is 3.42. The highest BCUT2D eigenvalue weighted by molar-refractivity contribution is 5.93. The van der Waals surface area contributed by atoms with Gasteiger partial charge < -0.3 is 15.2 Å². The molecular formula is C17H16FN5O2. The van der Waals surface area contributed by atoms with E-state index in [1.54, 1.807) is 31.2 Å². The number of halogens is 1. The van der Waals surface area contributed by atoms with E-state index in [1.165, 1.54) is 18.5 Å². The first-order valence-corrected chi connectivity index (χ1v) is 7.66. The molecule has 1 aromatic carbocycles. The summed E-state index contributed by atoms with van der Waals surface area (Å²) in [6, 6.07) is 8.18. The van der Waals surface area contributed by atoms with E-state index in [9.17, 15) is 9.18 Å². The number of carbonyl (C=O) groups is 1. The first-order valence-electron chi connectivity index (χ1n) is 7.66. The minimum absolute atomic E-state index is 0.279. The van der Waals surface area contributed by atoms with Crippen LogP contribution in [0, 0.1) is 12.7 Å². The Labute approximate surface area is 143 Å². The van der Waals surface area contributed by atoms with E-state index in [2.05, 4.69) is 25.8 Å². The third kappa shape index (κ3) is 4.37. The number of hydrogen-bond donors (Lipinski definition) is 2. The predicted octanol–water partition coefficient (Wildman–Crippen LogP) is 2.63. The maximum atomic E-state index is 13.5. The van der Waals surface area contributed by atoms with E-state index in [-0.39, 0.29) is 11.7 Å². The maximum Gasteiger partial charge on any atom is 0.254 e. The number of nitrogens with one attached hydrogen (secondary N) is 2. The van der Waals surface area contributed by atoms with Gasteiger partial charge in [-0.1, -0.05) is 23.4 Å². The van der Waals surface area contributed by atoms with Crippen LogP contribution in [0.5, 0.6) is 0 Å². The Hall–Kier alpha value is -3.29. The summed E-state index contributed by atoms with van der Waals surface area (Å²) >= 11 is 0. The number of benzene rings is 1. The zero-order valence-corrected chi connectivity index (χ0v) is 13.5. The smallest absolute Gasteiger partial charge is 0.254 e. The summed E-state index contributed by atoms with van der Waals surface area (Å²) in [6.45, 7) is 2.09. The number of nitrogens with zero attached hydrogens (tertiary/aromatic N) is 3. The summed E-state index contributed by atoms with van der Waals surface area (Å²) in [5.74, 6) is 0.850. The molecule has 0 saturated carbocycles. The summed E-state index contributed by atoms with van der Waals surface area (Å²) < 4.78 is 18.4. The second-order valence-electron chi connectivity index (χ2n) is 5.34. The van der Waals surface area contributed by atoms with Gasteiger partial charge in [0.05, 0.1) is 5.56 Å². The highest BCUT2D eigenvalue weighted by Gasteiger charge is 2.09. The minimum atomic E-state index is -0.319. The lowest BCUT2D eigenvalue weighted by Crippen LogP contribution is -2.26. The van der Waals surface area contributed by atoms with Gasteiger partial charge in [0.15, 0.2) is 5.82 Å². The van der Waals surface area contributed by atoms with E-state index in [4.69, 9.17) is 4.52 Å². The van der Waals surface area contributed by atoms with Gasteiger partial charge >= 0.3 is 0 Å². The Morgan fingerprint density at radius 3 is 2.68 bits per heavy atom. The fraction of sp³-hybridized carbons (Fsp3) is 0.176. The number of rotatable bonds is 6. The molecule has 2 heterocycles. The molecule has 0 aliphatic heterocycles. The maximum absolute atomic E-state index is 13.5. The summed E-state index contributed by atoms with van der Waals surface area (Å²) in [6.07, 6.45) is 3.21. The van der Waals surface area contributed by atoms with E-state index in [0.29, 0.717) is 41.6 Å². The van der Waals surface area contributed by atoms with Crippen molar-refractivity contribution in [3.05, 3.63) is 65.4 Å². The van der Waals surface area contributed by atoms with Crippen molar-refractivity contribution >= 4 is 17.7 Å². The minimum Gasteiger partial charge on any atom is -0.360 e. The molecule has 7 nitrogen and oxygen atoms in total. The molecule has 25 heavy (non-hydrogen) atoms.